The maximum absolute atomic E-state index is 11.3. The molecule has 2 aromatic rings. The normalized spacial score (nSPS) is 33.5. The summed E-state index contributed by atoms with van der Waals surface area (Å²) in [7, 11) is 0. The summed E-state index contributed by atoms with van der Waals surface area (Å²) in [4.78, 5) is 8.45. The van der Waals surface area contributed by atoms with Crippen LogP contribution in [0.2, 0.25) is 0 Å². The summed E-state index contributed by atoms with van der Waals surface area (Å²) < 4.78 is 0. The molecule has 1 aliphatic heterocycles. The Morgan fingerprint density at radius 3 is 2.31 bits per heavy atom. The first kappa shape index (κ1) is 19.7. The van der Waals surface area contributed by atoms with Crippen LogP contribution >= 0.6 is 0 Å². The van der Waals surface area contributed by atoms with Gasteiger partial charge in [-0.15, -0.1) is 0 Å². The number of hydrogen-bond acceptors (Lipinski definition) is 6. The van der Waals surface area contributed by atoms with Crippen molar-refractivity contribution in [3.8, 4) is 6.07 Å². The first-order valence-corrected chi connectivity index (χ1v) is 11.4. The van der Waals surface area contributed by atoms with E-state index in [0.717, 1.165) is 54.0 Å². The minimum Gasteiger partial charge on any atom is -0.595 e. The molecule has 32 heavy (non-hydrogen) atoms. The molecular formula is C25H26N4O3. The standard InChI is InChI=1S/C25H26N4O3/c26-15-16-2-1-3-21(11-16)24-28(25-12-17-8-18(13-25)10-19(9-17)14-25)23(27-32-24)20-4-6-22(7-5-20)29(30)31/h1-7,11,17-19,24,29-30H,8-10,12-14H2. The highest BCUT2D eigenvalue weighted by atomic mass is 16.8. The molecule has 7 heteroatoms. The number of oxime groups is 1. The Balaban J connectivity index is 1.43. The van der Waals surface area contributed by atoms with Crippen molar-refractivity contribution in [1.29, 1.82) is 5.26 Å². The Labute approximate surface area is 187 Å². The number of amidine groups is 1. The van der Waals surface area contributed by atoms with E-state index in [0.29, 0.717) is 5.56 Å². The molecule has 2 unspecified atom stereocenters. The zero-order valence-electron chi connectivity index (χ0n) is 17.8. The molecule has 5 aliphatic rings. The molecule has 4 fully saturated rings. The van der Waals surface area contributed by atoms with Crippen molar-refractivity contribution in [2.75, 3.05) is 0 Å². The molecule has 2 N–H and O–H groups in total. The number of rotatable bonds is 4. The van der Waals surface area contributed by atoms with Gasteiger partial charge in [-0.05, 0) is 80.5 Å². The lowest BCUT2D eigenvalue weighted by Crippen LogP contribution is -2.99. The predicted octanol–water partition coefficient (Wildman–Crippen LogP) is 3.62. The van der Waals surface area contributed by atoms with Crippen LogP contribution in [0, 0.1) is 34.3 Å². The van der Waals surface area contributed by atoms with Gasteiger partial charge in [-0.1, -0.05) is 17.3 Å². The van der Waals surface area contributed by atoms with Crippen LogP contribution in [0.1, 0.15) is 61.4 Å². The molecule has 4 saturated carbocycles. The Kier molecular flexibility index (Phi) is 4.51. The maximum Gasteiger partial charge on any atom is 0.227 e. The Morgan fingerprint density at radius 1 is 1.06 bits per heavy atom. The van der Waals surface area contributed by atoms with E-state index < -0.39 is 5.23 Å². The van der Waals surface area contributed by atoms with Gasteiger partial charge >= 0.3 is 0 Å². The molecular weight excluding hydrogens is 404 g/mol. The zero-order chi connectivity index (χ0) is 21.9. The summed E-state index contributed by atoms with van der Waals surface area (Å²) in [5, 5.41) is 33.7. The number of nitrogens with zero attached hydrogens (tertiary/aromatic N) is 3. The molecule has 1 heterocycles. The van der Waals surface area contributed by atoms with E-state index in [9.17, 15) is 15.7 Å². The molecule has 0 amide bonds. The molecule has 4 aliphatic carbocycles. The van der Waals surface area contributed by atoms with Gasteiger partial charge in [0.2, 0.25) is 6.23 Å². The second-order valence-electron chi connectivity index (χ2n) is 10.0. The molecule has 0 saturated heterocycles. The Hall–Kier alpha value is -2.92. The van der Waals surface area contributed by atoms with E-state index in [4.69, 9.17) is 4.84 Å². The fourth-order valence-electron chi connectivity index (χ4n) is 7.06. The molecule has 7 rings (SSSR count). The van der Waals surface area contributed by atoms with Crippen molar-refractivity contribution in [3.05, 3.63) is 70.4 Å². The third kappa shape index (κ3) is 3.10. The first-order chi connectivity index (χ1) is 15.5. The van der Waals surface area contributed by atoms with E-state index in [2.05, 4.69) is 16.1 Å². The van der Waals surface area contributed by atoms with Crippen LogP contribution in [-0.2, 0) is 4.84 Å². The van der Waals surface area contributed by atoms with E-state index in [1.54, 1.807) is 18.2 Å². The van der Waals surface area contributed by atoms with Crippen LogP contribution in [-0.4, -0.2) is 21.5 Å². The topological polar surface area (TPSA) is 96.3 Å². The molecule has 0 spiro atoms. The van der Waals surface area contributed by atoms with Gasteiger partial charge in [0.15, 0.2) is 11.5 Å². The van der Waals surface area contributed by atoms with Gasteiger partial charge in [0.05, 0.1) is 11.6 Å². The second-order valence-corrected chi connectivity index (χ2v) is 10.0. The van der Waals surface area contributed by atoms with Crippen LogP contribution in [0.15, 0.2) is 53.7 Å². The first-order valence-electron chi connectivity index (χ1n) is 11.4. The smallest absolute Gasteiger partial charge is 0.227 e. The van der Waals surface area contributed by atoms with E-state index in [1.165, 1.54) is 19.3 Å². The SMILES string of the molecule is N#Cc1cccc(C2ON=C(c3ccc([NH+]([O-])O)cc3)N2C23CC4CC(CC(C4)C2)C3)c1. The monoisotopic (exact) mass is 430 g/mol. The van der Waals surface area contributed by atoms with Crippen LogP contribution in [0.25, 0.3) is 0 Å². The van der Waals surface area contributed by atoms with E-state index >= 15 is 0 Å². The van der Waals surface area contributed by atoms with Gasteiger partial charge in [-0.3, -0.25) is 0 Å². The van der Waals surface area contributed by atoms with Crippen LogP contribution in [0.5, 0.6) is 0 Å². The second kappa shape index (κ2) is 7.31. The molecule has 2 atom stereocenters. The Morgan fingerprint density at radius 2 is 1.72 bits per heavy atom. The summed E-state index contributed by atoms with van der Waals surface area (Å²) in [5.41, 5.74) is 2.65. The van der Waals surface area contributed by atoms with Crippen molar-refractivity contribution in [3.63, 3.8) is 0 Å². The maximum atomic E-state index is 11.3. The van der Waals surface area contributed by atoms with E-state index in [-0.39, 0.29) is 17.5 Å². The molecule has 2 aromatic carbocycles. The number of hydrogen-bond donors (Lipinski definition) is 2. The van der Waals surface area contributed by atoms with Crippen molar-refractivity contribution in [1.82, 2.24) is 4.90 Å². The molecule has 164 valence electrons. The third-order valence-corrected chi connectivity index (χ3v) is 7.91. The zero-order valence-corrected chi connectivity index (χ0v) is 17.8. The lowest BCUT2D eigenvalue weighted by molar-refractivity contribution is -0.991. The van der Waals surface area contributed by atoms with Gasteiger partial charge in [-0.2, -0.15) is 10.5 Å². The quantitative estimate of drug-likeness (QED) is 0.722. The van der Waals surface area contributed by atoms with Gasteiger partial charge in [-0.25, -0.2) is 5.21 Å². The van der Waals surface area contributed by atoms with Gasteiger partial charge in [0, 0.05) is 28.8 Å². The fourth-order valence-corrected chi connectivity index (χ4v) is 7.06. The van der Waals surface area contributed by atoms with Crippen molar-refractivity contribution in [2.24, 2.45) is 22.9 Å². The summed E-state index contributed by atoms with van der Waals surface area (Å²) >= 11 is 0. The summed E-state index contributed by atoms with van der Waals surface area (Å²) in [6, 6.07) is 16.7. The summed E-state index contributed by atoms with van der Waals surface area (Å²) in [5.74, 6) is 3.03. The summed E-state index contributed by atoms with van der Waals surface area (Å²) in [6.07, 6.45) is 7.05. The minimum atomic E-state index is -0.940. The largest absolute Gasteiger partial charge is 0.595 e. The lowest BCUT2D eigenvalue weighted by atomic mass is 9.52. The number of nitrogens with one attached hydrogen (secondary N) is 1. The molecule has 0 aromatic heterocycles. The van der Waals surface area contributed by atoms with Crippen molar-refractivity contribution < 1.29 is 15.3 Å². The number of nitriles is 1. The van der Waals surface area contributed by atoms with Crippen LogP contribution in [0.4, 0.5) is 5.69 Å². The summed E-state index contributed by atoms with van der Waals surface area (Å²) in [6.45, 7) is 0. The fraction of sp³-hybridized carbons (Fsp3) is 0.440. The Bertz CT molecular complexity index is 1070. The van der Waals surface area contributed by atoms with Crippen molar-refractivity contribution in [2.45, 2.75) is 50.3 Å². The average Bonchev–Trinajstić information content (AvgIpc) is 3.24. The highest BCUT2D eigenvalue weighted by molar-refractivity contribution is 6.00. The number of benzene rings is 2. The van der Waals surface area contributed by atoms with E-state index in [1.807, 2.05) is 30.3 Å². The molecule has 4 bridgehead atoms. The highest BCUT2D eigenvalue weighted by Gasteiger charge is 2.57. The van der Waals surface area contributed by atoms with Crippen LogP contribution in [0.3, 0.4) is 0 Å². The predicted molar refractivity (Wildman–Crippen MR) is 116 cm³/mol. The molecule has 7 nitrogen and oxygen atoms in total. The highest BCUT2D eigenvalue weighted by Crippen LogP contribution is 2.60. The number of quaternary nitrogens is 1. The lowest BCUT2D eigenvalue weighted by Gasteiger charge is -2.60. The van der Waals surface area contributed by atoms with Gasteiger partial charge < -0.3 is 14.9 Å². The van der Waals surface area contributed by atoms with Gasteiger partial charge in [0.1, 0.15) is 0 Å². The van der Waals surface area contributed by atoms with Gasteiger partial charge in [0.25, 0.3) is 0 Å². The van der Waals surface area contributed by atoms with Crippen molar-refractivity contribution >= 4 is 11.5 Å². The minimum absolute atomic E-state index is 0.0110. The van der Waals surface area contributed by atoms with Crippen LogP contribution < -0.4 is 5.23 Å². The average molecular weight is 431 g/mol. The third-order valence-electron chi connectivity index (χ3n) is 7.91. The molecule has 0 radical (unpaired) electrons.